The average molecular weight is 1150 g/mol. The van der Waals surface area contributed by atoms with Gasteiger partial charge in [0.15, 0.2) is 10.9 Å². The fraction of sp³-hybridized carbons (Fsp3) is 0.483. The van der Waals surface area contributed by atoms with Crippen molar-refractivity contribution in [1.29, 1.82) is 0 Å². The standard InChI is InChI=1S/C46H62N4O11.C12H9N3O5S/c1-22(2)21-50-18-16-46(17-19-50)48-34-31-32-39(54)28(8)42-33(31)43(56)45(10,61-42)59-20-15-30(58-11)25(5)41(60-29(9)51)27(7)38(53)26(6)37(52)23(3)13-12-14-24(4)44(57)47-36(40(32)55)35(34)49-46;1-7(16)20-9-5-3-2-4-8(9)11(17)14-12-13-6-10(21-12)15(18)19/h12-15,20,22-23,25-27,30,37-38,41,48,52-55H,16-19,21H2,1-11H3;2-6H,1H3,(H,13,14,17)/b13-12+,20-15+,24-14-,47-36?;/t23-,25+,26+,27+,30-,37-,38+,41+,45-;/m0./s1. The van der Waals surface area contributed by atoms with Crippen LogP contribution in [0.5, 0.6) is 23.0 Å². The Hall–Kier alpha value is -7.64. The number of nitro groups is 1. The maximum absolute atomic E-state index is 14.7. The third-order valence-corrected chi connectivity index (χ3v) is 16.1. The van der Waals surface area contributed by atoms with E-state index in [2.05, 4.69) is 39.4 Å². The van der Waals surface area contributed by atoms with Gasteiger partial charge in [0.2, 0.25) is 0 Å². The molecule has 1 saturated heterocycles. The molecule has 3 aromatic carbocycles. The normalized spacial score (nSPS) is 26.8. The molecule has 6 N–H and O–H groups in total. The third kappa shape index (κ3) is 13.0. The second-order valence-electron chi connectivity index (χ2n) is 21.8. The molecule has 9 atom stereocenters. The van der Waals surface area contributed by atoms with Gasteiger partial charge < -0.3 is 54.3 Å². The minimum Gasteiger partial charge on any atom is -0.507 e. The molecular weight excluding hydrogens is 1080 g/mol. The number of anilines is 2. The number of fused-ring (bicyclic) bond motifs is 1. The number of ketones is 1. The van der Waals surface area contributed by atoms with E-state index >= 15 is 0 Å². The van der Waals surface area contributed by atoms with Gasteiger partial charge in [-0.15, -0.1) is 0 Å². The van der Waals surface area contributed by atoms with E-state index in [4.69, 9.17) is 28.7 Å². The van der Waals surface area contributed by atoms with Crippen molar-refractivity contribution in [2.75, 3.05) is 37.4 Å². The molecule has 1 aromatic heterocycles. The summed E-state index contributed by atoms with van der Waals surface area (Å²) in [5.74, 6) is -7.59. The summed E-state index contributed by atoms with van der Waals surface area (Å²) in [6.45, 7) is 20.8. The first-order valence-corrected chi connectivity index (χ1v) is 27.7. The molecule has 0 saturated carbocycles. The lowest BCUT2D eigenvalue weighted by molar-refractivity contribution is -0.380. The van der Waals surface area contributed by atoms with Crippen LogP contribution in [0, 0.1) is 46.6 Å². The highest BCUT2D eigenvalue weighted by molar-refractivity contribution is 7.18. The lowest BCUT2D eigenvalue weighted by atomic mass is 9.78. The predicted molar refractivity (Wildman–Crippen MR) is 302 cm³/mol. The Morgan fingerprint density at radius 3 is 2.27 bits per heavy atom. The van der Waals surface area contributed by atoms with Gasteiger partial charge in [-0.1, -0.05) is 71.9 Å². The molecule has 4 bridgehead atoms. The number of nitrogens with zero attached hydrogens (tertiary/aromatic N) is 5. The van der Waals surface area contributed by atoms with Gasteiger partial charge in [0.05, 0.1) is 51.7 Å². The van der Waals surface area contributed by atoms with Crippen LogP contribution in [0.1, 0.15) is 108 Å². The Kier molecular flexibility index (Phi) is 19.1. The summed E-state index contributed by atoms with van der Waals surface area (Å²) in [4.78, 5) is 89.6. The first-order valence-electron chi connectivity index (χ1n) is 26.9. The number of thiazole rings is 1. The number of carbonyl (C=O) groups excluding carboxylic acids is 5. The van der Waals surface area contributed by atoms with Gasteiger partial charge in [-0.25, -0.2) is 9.98 Å². The summed E-state index contributed by atoms with van der Waals surface area (Å²) >= 11 is 0.734. The van der Waals surface area contributed by atoms with Gasteiger partial charge in [0.25, 0.3) is 17.6 Å². The molecular formula is C58H71N7O16S. The van der Waals surface area contributed by atoms with Crippen LogP contribution >= 0.6 is 11.3 Å². The number of ether oxygens (including phenoxy) is 5. The molecule has 440 valence electrons. The fourth-order valence-corrected chi connectivity index (χ4v) is 11.3. The van der Waals surface area contributed by atoms with Crippen molar-refractivity contribution in [3.63, 3.8) is 0 Å². The Morgan fingerprint density at radius 1 is 0.963 bits per heavy atom. The molecule has 5 heterocycles. The van der Waals surface area contributed by atoms with Gasteiger partial charge >= 0.3 is 22.7 Å². The second kappa shape index (κ2) is 25.2. The Labute approximate surface area is 477 Å². The molecule has 82 heavy (non-hydrogen) atoms. The number of piperidine rings is 1. The van der Waals surface area contributed by atoms with Gasteiger partial charge in [0, 0.05) is 101 Å². The van der Waals surface area contributed by atoms with Gasteiger partial charge in [0.1, 0.15) is 45.9 Å². The lowest BCUT2D eigenvalue weighted by Crippen LogP contribution is -2.47. The number of methoxy groups -OCH3 is 1. The molecule has 1 spiro atoms. The second-order valence-corrected chi connectivity index (χ2v) is 22.8. The van der Waals surface area contributed by atoms with Gasteiger partial charge in [-0.05, 0) is 49.3 Å². The smallest absolute Gasteiger partial charge is 0.345 e. The third-order valence-electron chi connectivity index (χ3n) is 15.2. The van der Waals surface area contributed by atoms with Crippen LogP contribution in [0.25, 0.3) is 10.8 Å². The van der Waals surface area contributed by atoms with E-state index in [9.17, 15) is 54.5 Å². The van der Waals surface area contributed by atoms with E-state index in [1.165, 1.54) is 46.3 Å². The topological polar surface area (TPSA) is 320 Å². The first kappa shape index (κ1) is 62.0. The monoisotopic (exact) mass is 1150 g/mol. The van der Waals surface area contributed by atoms with Crippen molar-refractivity contribution in [3.05, 3.63) is 104 Å². The Balaban J connectivity index is 0.000000385. The minimum atomic E-state index is -1.95. The minimum absolute atomic E-state index is 0.0538. The zero-order valence-electron chi connectivity index (χ0n) is 47.8. The summed E-state index contributed by atoms with van der Waals surface area (Å²) in [6, 6.07) is 6.16. The summed E-state index contributed by atoms with van der Waals surface area (Å²) in [5, 5.41) is 63.4. The number of amides is 2. The van der Waals surface area contributed by atoms with E-state index in [-0.39, 0.29) is 71.1 Å². The molecule has 4 aliphatic rings. The molecule has 23 nitrogen and oxygen atoms in total. The number of nitrogens with one attached hydrogen (secondary N) is 2. The molecule has 1 fully saturated rings. The number of allylic oxidation sites excluding steroid dienone is 2. The number of phenols is 2. The number of aromatic nitrogens is 1. The molecule has 8 rings (SSSR count). The number of likely N-dealkylation sites (tertiary alicyclic amines) is 1. The van der Waals surface area contributed by atoms with Crippen molar-refractivity contribution in [3.8, 4) is 23.0 Å². The first-order chi connectivity index (χ1) is 38.6. The van der Waals surface area contributed by atoms with Crippen LogP contribution in [0.15, 0.2) is 76.6 Å². The highest BCUT2D eigenvalue weighted by Gasteiger charge is 2.51. The lowest BCUT2D eigenvalue weighted by Gasteiger charge is -2.38. The fourth-order valence-electron chi connectivity index (χ4n) is 10.7. The summed E-state index contributed by atoms with van der Waals surface area (Å²) in [5.41, 5.74) is 0.0189. The average Bonchev–Trinajstić information content (AvgIpc) is 1.67. The number of hydrogen-bond acceptors (Lipinski definition) is 21. The number of aliphatic hydroxyl groups excluding tert-OH is 2. The van der Waals surface area contributed by atoms with E-state index in [0.29, 0.717) is 24.4 Å². The quantitative estimate of drug-likeness (QED) is 0.0341. The van der Waals surface area contributed by atoms with Crippen molar-refractivity contribution >= 4 is 67.5 Å². The van der Waals surface area contributed by atoms with E-state index < -0.39 is 99.7 Å². The van der Waals surface area contributed by atoms with Crippen LogP contribution in [0.4, 0.5) is 15.8 Å². The van der Waals surface area contributed by atoms with Crippen LogP contribution < -0.4 is 30.8 Å². The van der Waals surface area contributed by atoms with Crippen LogP contribution in [0.3, 0.4) is 0 Å². The SMILES string of the molecule is CC(=O)Oc1ccccc1C(=O)Nc1ncc([N+](=O)[O-])s1.CO[C@H]1/C=C/O[C@@]2(C)Oc3c(C)c(O)c4c(O)c(c5c(c4c3C2=O)NC2(CCN(CC(C)C)CC2)N=5)=NC(=O)/C(C)=C\C=C\[C@H](C)[C@H](O)[C@@H](C)[C@@H](O)[C@@H](C)[C@H](OC(C)=O)[C@@H]1C. The van der Waals surface area contributed by atoms with Crippen molar-refractivity contribution in [2.24, 2.45) is 39.6 Å². The number of hydrogen-bond donors (Lipinski definition) is 6. The summed E-state index contributed by atoms with van der Waals surface area (Å²) in [6.07, 6.45) is 6.13. The van der Waals surface area contributed by atoms with Gasteiger partial charge in [-0.3, -0.25) is 44.4 Å². The van der Waals surface area contributed by atoms with Crippen LogP contribution in [0.2, 0.25) is 0 Å². The molecule has 24 heteroatoms. The van der Waals surface area contributed by atoms with Gasteiger partial charge in [-0.2, -0.15) is 0 Å². The molecule has 2 amide bonds. The molecule has 4 aromatic rings. The number of carbonyl (C=O) groups is 5. The van der Waals surface area contributed by atoms with Crippen molar-refractivity contribution in [1.82, 2.24) is 9.88 Å². The Morgan fingerprint density at radius 2 is 1.65 bits per heavy atom. The van der Waals surface area contributed by atoms with Crippen LogP contribution in [-0.4, -0.2) is 127 Å². The maximum Gasteiger partial charge on any atom is 0.345 e. The summed E-state index contributed by atoms with van der Waals surface area (Å²) < 4.78 is 28.9. The van der Waals surface area contributed by atoms with Crippen molar-refractivity contribution < 1.29 is 73.0 Å². The number of aromatic hydroxyl groups is 2. The predicted octanol–water partition coefficient (Wildman–Crippen LogP) is 6.98. The molecule has 0 radical (unpaired) electrons. The highest BCUT2D eigenvalue weighted by Crippen LogP contribution is 2.51. The zero-order chi connectivity index (χ0) is 60.3. The number of Topliss-reactive ketones (excluding diaryl/α,β-unsaturated/α-hetero) is 1. The molecule has 4 aliphatic heterocycles. The van der Waals surface area contributed by atoms with E-state index in [0.717, 1.165) is 37.2 Å². The summed E-state index contributed by atoms with van der Waals surface area (Å²) in [7, 11) is 1.47. The van der Waals surface area contributed by atoms with E-state index in [1.807, 2.05) is 0 Å². The number of esters is 2. The highest BCUT2D eigenvalue weighted by atomic mass is 32.1. The zero-order valence-corrected chi connectivity index (χ0v) is 48.7. The number of phenolic OH excluding ortho intramolecular Hbond substituents is 2. The molecule has 0 aliphatic carbocycles. The largest absolute Gasteiger partial charge is 0.507 e. The van der Waals surface area contributed by atoms with Crippen LogP contribution in [-0.2, 0) is 28.6 Å². The number of benzene rings is 3. The Bertz CT molecular complexity index is 3390. The maximum atomic E-state index is 14.7. The number of aliphatic hydroxyl groups is 2. The molecule has 0 unspecified atom stereocenters. The number of rotatable bonds is 8. The van der Waals surface area contributed by atoms with Crippen molar-refractivity contribution in [2.45, 2.75) is 125 Å². The van der Waals surface area contributed by atoms with E-state index in [1.54, 1.807) is 78.0 Å². The number of para-hydroxylation sites is 1.